The molecule has 0 aromatic rings. The first kappa shape index (κ1) is 15.1. The number of amides is 1. The minimum atomic E-state index is -3.93. The second-order valence-electron chi connectivity index (χ2n) is 3.59. The van der Waals surface area contributed by atoms with Crippen LogP contribution in [0.2, 0.25) is 0 Å². The van der Waals surface area contributed by atoms with Crippen LogP contribution < -0.4 is 9.44 Å². The summed E-state index contributed by atoms with van der Waals surface area (Å²) < 4.78 is 31.1. The van der Waals surface area contributed by atoms with Crippen molar-refractivity contribution in [2.24, 2.45) is 0 Å². The Morgan fingerprint density at radius 2 is 1.94 bits per heavy atom. The summed E-state index contributed by atoms with van der Waals surface area (Å²) >= 11 is 0. The van der Waals surface area contributed by atoms with E-state index in [2.05, 4.69) is 9.46 Å². The Kier molecular flexibility index (Phi) is 6.31. The minimum absolute atomic E-state index is 0.139. The van der Waals surface area contributed by atoms with Crippen LogP contribution in [0.15, 0.2) is 0 Å². The molecule has 16 heavy (non-hydrogen) atoms. The number of rotatable bonds is 6. The molecule has 7 nitrogen and oxygen atoms in total. The van der Waals surface area contributed by atoms with Crippen molar-refractivity contribution in [3.8, 4) is 0 Å². The van der Waals surface area contributed by atoms with Gasteiger partial charge in [0.2, 0.25) is 0 Å². The van der Waals surface area contributed by atoms with Gasteiger partial charge in [-0.3, -0.25) is 0 Å². The molecule has 0 fully saturated rings. The van der Waals surface area contributed by atoms with Gasteiger partial charge >= 0.3 is 16.3 Å². The molecule has 0 heterocycles. The number of carbonyl (C=O) groups excluding carboxylic acids is 1. The molecular formula is C8H18N2O5S. The van der Waals surface area contributed by atoms with Crippen LogP contribution in [-0.2, 0) is 14.9 Å². The van der Waals surface area contributed by atoms with E-state index in [-0.39, 0.29) is 13.0 Å². The fourth-order valence-electron chi connectivity index (χ4n) is 0.895. The lowest BCUT2D eigenvalue weighted by Gasteiger charge is -2.14. The fourth-order valence-corrected chi connectivity index (χ4v) is 1.87. The predicted molar refractivity (Wildman–Crippen MR) is 58.0 cm³/mol. The maximum absolute atomic E-state index is 11.3. The number of nitrogens with one attached hydrogen (secondary N) is 2. The number of aliphatic hydroxyl groups excluding tert-OH is 1. The van der Waals surface area contributed by atoms with Gasteiger partial charge in [-0.05, 0) is 27.2 Å². The van der Waals surface area contributed by atoms with Crippen LogP contribution in [-0.4, -0.2) is 38.4 Å². The molecule has 1 atom stereocenters. The highest BCUT2D eigenvalue weighted by Gasteiger charge is 2.18. The monoisotopic (exact) mass is 254 g/mol. The summed E-state index contributed by atoms with van der Waals surface area (Å²) in [6.45, 7) is 4.64. The molecule has 0 rings (SSSR count). The lowest BCUT2D eigenvalue weighted by Crippen LogP contribution is -2.45. The Morgan fingerprint density at radius 3 is 2.38 bits per heavy atom. The van der Waals surface area contributed by atoms with Crippen LogP contribution in [0.4, 0.5) is 4.79 Å². The van der Waals surface area contributed by atoms with Gasteiger partial charge in [0.1, 0.15) is 0 Å². The van der Waals surface area contributed by atoms with Crippen molar-refractivity contribution in [1.82, 2.24) is 9.44 Å². The Labute approximate surface area is 95.4 Å². The highest BCUT2D eigenvalue weighted by atomic mass is 32.2. The molecular weight excluding hydrogens is 236 g/mol. The van der Waals surface area contributed by atoms with Crippen LogP contribution in [0.3, 0.4) is 0 Å². The van der Waals surface area contributed by atoms with Crippen molar-refractivity contribution in [1.29, 1.82) is 0 Å². The van der Waals surface area contributed by atoms with E-state index in [1.165, 1.54) is 0 Å². The standard InChI is InChI=1S/C8H18N2O5S/c1-6(2)15-8(12)10-16(13,14)9-7(3)4-5-11/h6-7,9,11H,4-5H2,1-3H3,(H,10,12). The van der Waals surface area contributed by atoms with E-state index >= 15 is 0 Å². The zero-order valence-corrected chi connectivity index (χ0v) is 10.4. The second kappa shape index (κ2) is 6.66. The third kappa shape index (κ3) is 7.43. The van der Waals surface area contributed by atoms with Crippen molar-refractivity contribution < 1.29 is 23.1 Å². The van der Waals surface area contributed by atoms with Crippen molar-refractivity contribution in [2.45, 2.75) is 39.3 Å². The van der Waals surface area contributed by atoms with E-state index in [1.807, 2.05) is 0 Å². The third-order valence-electron chi connectivity index (χ3n) is 1.48. The summed E-state index contributed by atoms with van der Waals surface area (Å²) in [6.07, 6.45) is -1.16. The normalized spacial score (nSPS) is 13.6. The lowest BCUT2D eigenvalue weighted by molar-refractivity contribution is 0.121. The number of hydrogen-bond donors (Lipinski definition) is 3. The van der Waals surface area contributed by atoms with Gasteiger partial charge < -0.3 is 9.84 Å². The molecule has 1 amide bonds. The summed E-state index contributed by atoms with van der Waals surface area (Å²) in [6, 6.07) is -0.464. The number of ether oxygens (including phenoxy) is 1. The summed E-state index contributed by atoms with van der Waals surface area (Å²) in [5, 5.41) is 8.59. The number of carbonyl (C=O) groups is 1. The zero-order valence-electron chi connectivity index (χ0n) is 9.56. The van der Waals surface area contributed by atoms with Crippen LogP contribution in [0.25, 0.3) is 0 Å². The number of hydrogen-bond acceptors (Lipinski definition) is 5. The summed E-state index contributed by atoms with van der Waals surface area (Å²) in [7, 11) is -3.93. The molecule has 0 aromatic heterocycles. The number of aliphatic hydroxyl groups is 1. The predicted octanol–water partition coefficient (Wildman–Crippen LogP) is -0.274. The molecule has 0 radical (unpaired) electrons. The zero-order chi connectivity index (χ0) is 12.8. The molecule has 0 spiro atoms. The quantitative estimate of drug-likeness (QED) is 0.605. The second-order valence-corrected chi connectivity index (χ2v) is 5.04. The lowest BCUT2D eigenvalue weighted by atomic mass is 10.3. The van der Waals surface area contributed by atoms with E-state index in [4.69, 9.17) is 5.11 Å². The Morgan fingerprint density at radius 1 is 1.38 bits per heavy atom. The molecule has 0 aliphatic carbocycles. The van der Waals surface area contributed by atoms with Crippen LogP contribution in [0.1, 0.15) is 27.2 Å². The highest BCUT2D eigenvalue weighted by molar-refractivity contribution is 7.88. The third-order valence-corrected chi connectivity index (χ3v) is 2.63. The van der Waals surface area contributed by atoms with Gasteiger partial charge in [-0.1, -0.05) is 0 Å². The highest BCUT2D eigenvalue weighted by Crippen LogP contribution is 1.93. The molecule has 8 heteroatoms. The van der Waals surface area contributed by atoms with Crippen LogP contribution >= 0.6 is 0 Å². The average Bonchev–Trinajstić information content (AvgIpc) is 1.98. The summed E-state index contributed by atoms with van der Waals surface area (Å²) in [5.74, 6) is 0. The Hall–Kier alpha value is -0.860. The van der Waals surface area contributed by atoms with Gasteiger partial charge in [-0.15, -0.1) is 0 Å². The topological polar surface area (TPSA) is 105 Å². The molecule has 0 saturated carbocycles. The SMILES string of the molecule is CC(CCO)NS(=O)(=O)NC(=O)OC(C)C. The van der Waals surface area contributed by atoms with Crippen molar-refractivity contribution >= 4 is 16.3 Å². The van der Waals surface area contributed by atoms with Crippen molar-refractivity contribution in [3.63, 3.8) is 0 Å². The minimum Gasteiger partial charge on any atom is -0.446 e. The largest absolute Gasteiger partial charge is 0.446 e. The Bertz CT molecular complexity index is 314. The summed E-state index contributed by atoms with van der Waals surface area (Å²) in [5.41, 5.74) is 0. The Balaban J connectivity index is 4.19. The van der Waals surface area contributed by atoms with Gasteiger partial charge in [0.25, 0.3) is 0 Å². The van der Waals surface area contributed by atoms with Crippen LogP contribution in [0, 0.1) is 0 Å². The van der Waals surface area contributed by atoms with Crippen LogP contribution in [0.5, 0.6) is 0 Å². The molecule has 96 valence electrons. The maximum Gasteiger partial charge on any atom is 0.422 e. The molecule has 0 aliphatic heterocycles. The van der Waals surface area contributed by atoms with E-state index in [1.54, 1.807) is 25.5 Å². The molecule has 0 bridgehead atoms. The van der Waals surface area contributed by atoms with E-state index in [9.17, 15) is 13.2 Å². The van der Waals surface area contributed by atoms with E-state index in [0.717, 1.165) is 0 Å². The van der Waals surface area contributed by atoms with E-state index < -0.39 is 28.4 Å². The fraction of sp³-hybridized carbons (Fsp3) is 0.875. The summed E-state index contributed by atoms with van der Waals surface area (Å²) in [4.78, 5) is 11.0. The van der Waals surface area contributed by atoms with Gasteiger partial charge in [0.05, 0.1) is 6.10 Å². The van der Waals surface area contributed by atoms with Gasteiger partial charge in [-0.2, -0.15) is 13.1 Å². The van der Waals surface area contributed by atoms with Gasteiger partial charge in [-0.25, -0.2) is 9.52 Å². The molecule has 1 unspecified atom stereocenters. The van der Waals surface area contributed by atoms with Gasteiger partial charge in [0.15, 0.2) is 0 Å². The maximum atomic E-state index is 11.3. The van der Waals surface area contributed by atoms with E-state index in [0.29, 0.717) is 0 Å². The smallest absolute Gasteiger partial charge is 0.422 e. The average molecular weight is 254 g/mol. The first-order valence-electron chi connectivity index (χ1n) is 4.88. The van der Waals surface area contributed by atoms with Crippen molar-refractivity contribution in [2.75, 3.05) is 6.61 Å². The first-order chi connectivity index (χ1) is 7.26. The molecule has 0 aromatic carbocycles. The molecule has 3 N–H and O–H groups in total. The molecule has 0 aliphatic rings. The first-order valence-corrected chi connectivity index (χ1v) is 6.36. The van der Waals surface area contributed by atoms with Gasteiger partial charge in [0, 0.05) is 12.6 Å². The molecule has 0 saturated heterocycles. The van der Waals surface area contributed by atoms with Crippen molar-refractivity contribution in [3.05, 3.63) is 0 Å².